The summed E-state index contributed by atoms with van der Waals surface area (Å²) >= 11 is 0. The SMILES string of the molecule is CCCCC(CC)CNC(=O)C(N)CC(N)=O. The van der Waals surface area contributed by atoms with Gasteiger partial charge in [-0.05, 0) is 12.3 Å². The summed E-state index contributed by atoms with van der Waals surface area (Å²) in [5, 5.41) is 2.78. The molecule has 0 aliphatic carbocycles. The average Bonchev–Trinajstić information content (AvgIpc) is 2.28. The van der Waals surface area contributed by atoms with Crippen molar-refractivity contribution in [2.45, 2.75) is 52.0 Å². The van der Waals surface area contributed by atoms with E-state index in [1.807, 2.05) is 0 Å². The lowest BCUT2D eigenvalue weighted by atomic mass is 9.99. The van der Waals surface area contributed by atoms with E-state index in [2.05, 4.69) is 19.2 Å². The molecule has 0 rings (SSSR count). The van der Waals surface area contributed by atoms with Gasteiger partial charge in [-0.1, -0.05) is 33.1 Å². The van der Waals surface area contributed by atoms with Crippen LogP contribution in [-0.4, -0.2) is 24.4 Å². The maximum atomic E-state index is 11.5. The van der Waals surface area contributed by atoms with E-state index in [1.54, 1.807) is 0 Å². The number of primary amides is 1. The molecule has 0 saturated heterocycles. The van der Waals surface area contributed by atoms with Crippen LogP contribution in [0.3, 0.4) is 0 Å². The van der Waals surface area contributed by atoms with Crippen LogP contribution >= 0.6 is 0 Å². The highest BCUT2D eigenvalue weighted by Gasteiger charge is 2.16. The molecule has 0 heterocycles. The largest absolute Gasteiger partial charge is 0.370 e. The normalized spacial score (nSPS) is 14.1. The van der Waals surface area contributed by atoms with E-state index in [1.165, 1.54) is 6.42 Å². The van der Waals surface area contributed by atoms with Gasteiger partial charge in [0.05, 0.1) is 12.5 Å². The topological polar surface area (TPSA) is 98.2 Å². The van der Waals surface area contributed by atoms with E-state index in [0.29, 0.717) is 12.5 Å². The Morgan fingerprint density at radius 1 is 1.29 bits per heavy atom. The molecule has 5 N–H and O–H groups in total. The molecule has 0 aromatic carbocycles. The van der Waals surface area contributed by atoms with Crippen molar-refractivity contribution in [1.29, 1.82) is 0 Å². The summed E-state index contributed by atoms with van der Waals surface area (Å²) in [5.41, 5.74) is 10.5. The van der Waals surface area contributed by atoms with Gasteiger partial charge in [-0.15, -0.1) is 0 Å². The average molecular weight is 243 g/mol. The Morgan fingerprint density at radius 2 is 1.94 bits per heavy atom. The summed E-state index contributed by atoms with van der Waals surface area (Å²) in [7, 11) is 0. The third-order valence-electron chi connectivity index (χ3n) is 2.87. The Balaban J connectivity index is 3.90. The summed E-state index contributed by atoms with van der Waals surface area (Å²) in [6.45, 7) is 4.88. The first-order valence-corrected chi connectivity index (χ1v) is 6.32. The molecule has 2 atom stereocenters. The summed E-state index contributed by atoms with van der Waals surface area (Å²) in [5.74, 6) is -0.357. The van der Waals surface area contributed by atoms with E-state index < -0.39 is 11.9 Å². The predicted octanol–water partition coefficient (Wildman–Crippen LogP) is 0.522. The van der Waals surface area contributed by atoms with Crippen molar-refractivity contribution in [3.05, 3.63) is 0 Å². The standard InChI is InChI=1S/C12H25N3O2/c1-3-5-6-9(4-2)8-15-12(17)10(13)7-11(14)16/h9-10H,3-8,13H2,1-2H3,(H2,14,16)(H,15,17). The van der Waals surface area contributed by atoms with Gasteiger partial charge < -0.3 is 16.8 Å². The van der Waals surface area contributed by atoms with Crippen molar-refractivity contribution < 1.29 is 9.59 Å². The second-order valence-electron chi connectivity index (χ2n) is 4.44. The van der Waals surface area contributed by atoms with E-state index in [0.717, 1.165) is 19.3 Å². The first-order chi connectivity index (χ1) is 8.01. The van der Waals surface area contributed by atoms with Crippen molar-refractivity contribution in [2.75, 3.05) is 6.54 Å². The van der Waals surface area contributed by atoms with Crippen LogP contribution in [-0.2, 0) is 9.59 Å². The van der Waals surface area contributed by atoms with Crippen LogP contribution in [0.5, 0.6) is 0 Å². The van der Waals surface area contributed by atoms with Crippen LogP contribution < -0.4 is 16.8 Å². The fraction of sp³-hybridized carbons (Fsp3) is 0.833. The first kappa shape index (κ1) is 15.9. The van der Waals surface area contributed by atoms with Gasteiger partial charge in [0.15, 0.2) is 0 Å². The minimum atomic E-state index is -0.823. The molecule has 0 spiro atoms. The van der Waals surface area contributed by atoms with Gasteiger partial charge in [0.25, 0.3) is 0 Å². The molecule has 0 bridgehead atoms. The van der Waals surface area contributed by atoms with Crippen molar-refractivity contribution in [3.63, 3.8) is 0 Å². The van der Waals surface area contributed by atoms with Gasteiger partial charge in [-0.3, -0.25) is 9.59 Å². The number of unbranched alkanes of at least 4 members (excludes halogenated alkanes) is 1. The summed E-state index contributed by atoms with van der Waals surface area (Å²) in [4.78, 5) is 22.1. The zero-order valence-electron chi connectivity index (χ0n) is 10.9. The Bertz CT molecular complexity index is 244. The molecule has 0 aliphatic heterocycles. The number of nitrogens with one attached hydrogen (secondary N) is 1. The molecule has 0 aromatic rings. The minimum Gasteiger partial charge on any atom is -0.370 e. The molecule has 17 heavy (non-hydrogen) atoms. The monoisotopic (exact) mass is 243 g/mol. The van der Waals surface area contributed by atoms with Crippen molar-refractivity contribution in [2.24, 2.45) is 17.4 Å². The molecule has 0 aliphatic rings. The van der Waals surface area contributed by atoms with Gasteiger partial charge in [-0.2, -0.15) is 0 Å². The highest BCUT2D eigenvalue weighted by Crippen LogP contribution is 2.11. The zero-order valence-corrected chi connectivity index (χ0v) is 10.9. The first-order valence-electron chi connectivity index (χ1n) is 6.32. The van der Waals surface area contributed by atoms with Crippen molar-refractivity contribution >= 4 is 11.8 Å². The number of nitrogens with two attached hydrogens (primary N) is 2. The third kappa shape index (κ3) is 7.74. The molecular weight excluding hydrogens is 218 g/mol. The van der Waals surface area contributed by atoms with Crippen LogP contribution in [0.1, 0.15) is 46.0 Å². The van der Waals surface area contributed by atoms with E-state index in [4.69, 9.17) is 11.5 Å². The number of hydrogen-bond donors (Lipinski definition) is 3. The smallest absolute Gasteiger partial charge is 0.237 e. The van der Waals surface area contributed by atoms with Gasteiger partial charge in [-0.25, -0.2) is 0 Å². The quantitative estimate of drug-likeness (QED) is 0.550. The second-order valence-corrected chi connectivity index (χ2v) is 4.44. The minimum absolute atomic E-state index is 0.0996. The van der Waals surface area contributed by atoms with Gasteiger partial charge >= 0.3 is 0 Å². The van der Waals surface area contributed by atoms with E-state index in [-0.39, 0.29) is 12.3 Å². The Kier molecular flexibility index (Phi) is 8.40. The third-order valence-corrected chi connectivity index (χ3v) is 2.87. The highest BCUT2D eigenvalue weighted by molar-refractivity contribution is 5.87. The van der Waals surface area contributed by atoms with Crippen LogP contribution in [0.25, 0.3) is 0 Å². The molecule has 5 heteroatoms. The maximum Gasteiger partial charge on any atom is 0.237 e. The lowest BCUT2D eigenvalue weighted by Gasteiger charge is -2.17. The fourth-order valence-electron chi connectivity index (χ4n) is 1.63. The lowest BCUT2D eigenvalue weighted by Crippen LogP contribution is -2.44. The lowest BCUT2D eigenvalue weighted by molar-refractivity contribution is -0.126. The number of carbonyl (C=O) groups excluding carboxylic acids is 2. The molecule has 2 amide bonds. The molecule has 0 radical (unpaired) electrons. The van der Waals surface area contributed by atoms with E-state index in [9.17, 15) is 9.59 Å². The second kappa shape index (κ2) is 8.98. The molecule has 0 saturated carbocycles. The summed E-state index contributed by atoms with van der Waals surface area (Å²) in [6, 6.07) is -0.823. The maximum absolute atomic E-state index is 11.5. The Labute approximate surface area is 103 Å². The van der Waals surface area contributed by atoms with Crippen LogP contribution in [0, 0.1) is 5.92 Å². The fourth-order valence-corrected chi connectivity index (χ4v) is 1.63. The van der Waals surface area contributed by atoms with Gasteiger partial charge in [0.1, 0.15) is 0 Å². The number of amides is 2. The van der Waals surface area contributed by atoms with Crippen LogP contribution in [0.15, 0.2) is 0 Å². The molecular formula is C12H25N3O2. The van der Waals surface area contributed by atoms with Crippen LogP contribution in [0.4, 0.5) is 0 Å². The van der Waals surface area contributed by atoms with Crippen LogP contribution in [0.2, 0.25) is 0 Å². The Morgan fingerprint density at radius 3 is 2.41 bits per heavy atom. The van der Waals surface area contributed by atoms with Gasteiger partial charge in [0.2, 0.25) is 11.8 Å². The highest BCUT2D eigenvalue weighted by atomic mass is 16.2. The van der Waals surface area contributed by atoms with E-state index >= 15 is 0 Å². The zero-order chi connectivity index (χ0) is 13.3. The number of rotatable bonds is 9. The summed E-state index contributed by atoms with van der Waals surface area (Å²) in [6.07, 6.45) is 4.37. The molecule has 100 valence electrons. The van der Waals surface area contributed by atoms with Crippen molar-refractivity contribution in [3.8, 4) is 0 Å². The predicted molar refractivity (Wildman–Crippen MR) is 68.1 cm³/mol. The van der Waals surface area contributed by atoms with Crippen molar-refractivity contribution in [1.82, 2.24) is 5.32 Å². The number of carbonyl (C=O) groups is 2. The number of hydrogen-bond acceptors (Lipinski definition) is 3. The molecule has 0 fully saturated rings. The molecule has 2 unspecified atom stereocenters. The van der Waals surface area contributed by atoms with Gasteiger partial charge in [0, 0.05) is 6.54 Å². The molecule has 0 aromatic heterocycles. The molecule has 5 nitrogen and oxygen atoms in total. The Hall–Kier alpha value is -1.10. The summed E-state index contributed by atoms with van der Waals surface area (Å²) < 4.78 is 0.